The number of likely N-dealkylation sites (N-methyl/N-ethyl adjacent to an activating group) is 1. The van der Waals surface area contributed by atoms with Crippen LogP contribution in [0.25, 0.3) is 0 Å². The molecule has 1 atom stereocenters. The smallest absolute Gasteiger partial charge is 0.202 e. The van der Waals surface area contributed by atoms with E-state index in [1.54, 1.807) is 0 Å². The van der Waals surface area contributed by atoms with E-state index >= 15 is 0 Å². The van der Waals surface area contributed by atoms with E-state index in [0.717, 1.165) is 37.2 Å². The number of ether oxygens (including phenoxy) is 1. The van der Waals surface area contributed by atoms with E-state index < -0.39 is 0 Å². The Morgan fingerprint density at radius 2 is 2.53 bits per heavy atom. The van der Waals surface area contributed by atoms with Crippen LogP contribution in [0.5, 0.6) is 0 Å². The van der Waals surface area contributed by atoms with Gasteiger partial charge in [-0.05, 0) is 6.54 Å². The van der Waals surface area contributed by atoms with Gasteiger partial charge < -0.3 is 10.1 Å². The molecule has 1 aliphatic heterocycles. The van der Waals surface area contributed by atoms with E-state index in [4.69, 9.17) is 4.74 Å². The highest BCUT2D eigenvalue weighted by atomic mass is 32.1. The third-order valence-electron chi connectivity index (χ3n) is 2.54. The van der Waals surface area contributed by atoms with Crippen molar-refractivity contribution < 1.29 is 4.74 Å². The van der Waals surface area contributed by atoms with E-state index in [1.807, 2.05) is 7.05 Å². The lowest BCUT2D eigenvalue weighted by Crippen LogP contribution is -2.38. The fraction of sp³-hybridized carbons (Fsp3) is 0.778. The summed E-state index contributed by atoms with van der Waals surface area (Å²) in [5.74, 6) is 0.808. The van der Waals surface area contributed by atoms with Crippen LogP contribution >= 0.6 is 11.5 Å². The van der Waals surface area contributed by atoms with Crippen molar-refractivity contribution in [1.29, 1.82) is 0 Å². The van der Waals surface area contributed by atoms with Crippen molar-refractivity contribution in [3.8, 4) is 0 Å². The second-order valence-corrected chi connectivity index (χ2v) is 4.21. The van der Waals surface area contributed by atoms with Gasteiger partial charge in [-0.1, -0.05) is 6.92 Å². The average Bonchev–Trinajstić information content (AvgIpc) is 2.78. The molecule has 0 bridgehead atoms. The fourth-order valence-corrected chi connectivity index (χ4v) is 2.18. The maximum Gasteiger partial charge on any atom is 0.202 e. The Labute approximate surface area is 93.6 Å². The molecule has 5 nitrogen and oxygen atoms in total. The van der Waals surface area contributed by atoms with Crippen molar-refractivity contribution in [2.75, 3.05) is 38.6 Å². The molecule has 2 heterocycles. The van der Waals surface area contributed by atoms with Crippen molar-refractivity contribution in [2.45, 2.75) is 13.0 Å². The summed E-state index contributed by atoms with van der Waals surface area (Å²) in [4.78, 5) is 6.72. The SMILES string of the molecule is CCN1CCOC(c2nsc(NC)n2)C1. The second-order valence-electron chi connectivity index (χ2n) is 3.46. The van der Waals surface area contributed by atoms with Crippen LogP contribution in [0.1, 0.15) is 18.9 Å². The van der Waals surface area contributed by atoms with Crippen LogP contribution in [0.3, 0.4) is 0 Å². The molecule has 84 valence electrons. The molecule has 0 aromatic carbocycles. The molecule has 0 aliphatic carbocycles. The van der Waals surface area contributed by atoms with Crippen molar-refractivity contribution >= 4 is 16.7 Å². The van der Waals surface area contributed by atoms with Crippen LogP contribution in [0.4, 0.5) is 5.13 Å². The minimum atomic E-state index is 0.0389. The third-order valence-corrected chi connectivity index (χ3v) is 3.29. The zero-order valence-corrected chi connectivity index (χ0v) is 9.88. The lowest BCUT2D eigenvalue weighted by Gasteiger charge is -2.30. The van der Waals surface area contributed by atoms with Crippen LogP contribution in [-0.2, 0) is 4.74 Å². The van der Waals surface area contributed by atoms with Gasteiger partial charge in [0.05, 0.1) is 6.61 Å². The minimum Gasteiger partial charge on any atom is -0.367 e. The first kappa shape index (κ1) is 10.8. The van der Waals surface area contributed by atoms with Gasteiger partial charge in [0.2, 0.25) is 5.13 Å². The quantitative estimate of drug-likeness (QED) is 0.835. The van der Waals surface area contributed by atoms with Gasteiger partial charge in [0.1, 0.15) is 6.10 Å². The Morgan fingerprint density at radius 1 is 1.67 bits per heavy atom. The van der Waals surface area contributed by atoms with Gasteiger partial charge in [-0.2, -0.15) is 4.37 Å². The number of nitrogens with zero attached hydrogens (tertiary/aromatic N) is 3. The number of hydrogen-bond donors (Lipinski definition) is 1. The molecular formula is C9H16N4OS. The number of nitrogens with one attached hydrogen (secondary N) is 1. The number of rotatable bonds is 3. The number of hydrogen-bond acceptors (Lipinski definition) is 6. The first-order chi connectivity index (χ1) is 7.33. The molecule has 0 amide bonds. The normalized spacial score (nSPS) is 22.9. The van der Waals surface area contributed by atoms with Crippen LogP contribution in [0, 0.1) is 0 Å². The predicted octanol–water partition coefficient (Wildman–Crippen LogP) is 0.973. The van der Waals surface area contributed by atoms with Crippen molar-refractivity contribution in [3.63, 3.8) is 0 Å². The Balaban J connectivity index is 2.03. The van der Waals surface area contributed by atoms with E-state index in [-0.39, 0.29) is 6.10 Å². The summed E-state index contributed by atoms with van der Waals surface area (Å²) in [7, 11) is 1.85. The van der Waals surface area contributed by atoms with Crippen LogP contribution in [0.2, 0.25) is 0 Å². The Hall–Kier alpha value is -0.720. The molecule has 15 heavy (non-hydrogen) atoms. The molecule has 0 saturated carbocycles. The summed E-state index contributed by atoms with van der Waals surface area (Å²) in [6, 6.07) is 0. The van der Waals surface area contributed by atoms with Crippen LogP contribution < -0.4 is 5.32 Å². The Bertz CT molecular complexity index is 317. The zero-order valence-electron chi connectivity index (χ0n) is 9.06. The minimum absolute atomic E-state index is 0.0389. The van der Waals surface area contributed by atoms with Gasteiger partial charge in [0.25, 0.3) is 0 Å². The first-order valence-corrected chi connectivity index (χ1v) is 5.96. The summed E-state index contributed by atoms with van der Waals surface area (Å²) in [5.41, 5.74) is 0. The Morgan fingerprint density at radius 3 is 3.20 bits per heavy atom. The molecule has 6 heteroatoms. The Kier molecular flexibility index (Phi) is 3.50. The average molecular weight is 228 g/mol. The predicted molar refractivity (Wildman–Crippen MR) is 60.3 cm³/mol. The number of morpholine rings is 1. The van der Waals surface area contributed by atoms with E-state index in [1.165, 1.54) is 11.5 Å². The summed E-state index contributed by atoms with van der Waals surface area (Å²) >= 11 is 1.38. The lowest BCUT2D eigenvalue weighted by molar-refractivity contribution is -0.0319. The molecule has 2 rings (SSSR count). The monoisotopic (exact) mass is 228 g/mol. The zero-order chi connectivity index (χ0) is 10.7. The van der Waals surface area contributed by atoms with Gasteiger partial charge in [-0.25, -0.2) is 4.98 Å². The molecule has 1 fully saturated rings. The number of aromatic nitrogens is 2. The summed E-state index contributed by atoms with van der Waals surface area (Å²) in [6.07, 6.45) is 0.0389. The van der Waals surface area contributed by atoms with Crippen molar-refractivity contribution in [1.82, 2.24) is 14.3 Å². The largest absolute Gasteiger partial charge is 0.367 e. The fourth-order valence-electron chi connectivity index (χ4n) is 1.61. The van der Waals surface area contributed by atoms with Crippen LogP contribution in [-0.4, -0.2) is 47.5 Å². The third kappa shape index (κ3) is 2.45. The van der Waals surface area contributed by atoms with Gasteiger partial charge in [0, 0.05) is 31.7 Å². The van der Waals surface area contributed by atoms with Crippen LogP contribution in [0.15, 0.2) is 0 Å². The van der Waals surface area contributed by atoms with Gasteiger partial charge in [0.15, 0.2) is 5.82 Å². The lowest BCUT2D eigenvalue weighted by atomic mass is 10.2. The highest BCUT2D eigenvalue weighted by Crippen LogP contribution is 2.22. The van der Waals surface area contributed by atoms with Crippen molar-refractivity contribution in [2.24, 2.45) is 0 Å². The summed E-state index contributed by atoms with van der Waals surface area (Å²) in [6.45, 7) is 5.90. The van der Waals surface area contributed by atoms with Crippen molar-refractivity contribution in [3.05, 3.63) is 5.82 Å². The molecular weight excluding hydrogens is 212 g/mol. The first-order valence-electron chi connectivity index (χ1n) is 5.18. The maximum absolute atomic E-state index is 5.67. The summed E-state index contributed by atoms with van der Waals surface area (Å²) in [5, 5.41) is 3.84. The molecule has 1 unspecified atom stereocenters. The van der Waals surface area contributed by atoms with E-state index in [2.05, 4.69) is 26.5 Å². The topological polar surface area (TPSA) is 50.3 Å². The number of anilines is 1. The maximum atomic E-state index is 5.67. The molecule has 0 spiro atoms. The van der Waals surface area contributed by atoms with E-state index in [0.29, 0.717) is 0 Å². The molecule has 1 saturated heterocycles. The standard InChI is InChI=1S/C9H16N4OS/c1-3-13-4-5-14-7(6-13)8-11-9(10-2)15-12-8/h7H,3-6H2,1-2H3,(H,10,11,12). The highest BCUT2D eigenvalue weighted by molar-refractivity contribution is 7.09. The molecule has 1 N–H and O–H groups in total. The van der Waals surface area contributed by atoms with Gasteiger partial charge in [-0.15, -0.1) is 0 Å². The van der Waals surface area contributed by atoms with E-state index in [9.17, 15) is 0 Å². The molecule has 1 aromatic rings. The molecule has 1 aliphatic rings. The highest BCUT2D eigenvalue weighted by Gasteiger charge is 2.24. The van der Waals surface area contributed by atoms with Gasteiger partial charge in [-0.3, -0.25) is 4.90 Å². The van der Waals surface area contributed by atoms with Gasteiger partial charge >= 0.3 is 0 Å². The molecule has 0 radical (unpaired) electrons. The second kappa shape index (κ2) is 4.87. The summed E-state index contributed by atoms with van der Waals surface area (Å²) < 4.78 is 9.96. The molecule has 1 aromatic heterocycles.